The normalized spacial score (nSPS) is 17.3. The lowest BCUT2D eigenvalue weighted by atomic mass is 10.0. The lowest BCUT2D eigenvalue weighted by molar-refractivity contribution is -0.123. The Labute approximate surface area is 135 Å². The third-order valence-electron chi connectivity index (χ3n) is 3.40. The molecule has 0 spiro atoms. The SMILES string of the molecule is CC(C)C(=O)NCCNC1CCOc2c(Cl)cc(Cl)cc21. The molecule has 0 bridgehead atoms. The Bertz CT molecular complexity index is 521. The summed E-state index contributed by atoms with van der Waals surface area (Å²) in [5, 5.41) is 7.44. The van der Waals surface area contributed by atoms with Crippen molar-refractivity contribution in [1.29, 1.82) is 0 Å². The van der Waals surface area contributed by atoms with Crippen LogP contribution in [0.5, 0.6) is 5.75 Å². The third-order valence-corrected chi connectivity index (χ3v) is 3.90. The molecule has 0 saturated carbocycles. The summed E-state index contributed by atoms with van der Waals surface area (Å²) in [5.41, 5.74) is 0.980. The maximum atomic E-state index is 11.5. The molecule has 1 aliphatic heterocycles. The van der Waals surface area contributed by atoms with Gasteiger partial charge >= 0.3 is 0 Å². The standard InChI is InChI=1S/C15H20Cl2N2O2/c1-9(2)15(20)19-5-4-18-13-3-6-21-14-11(13)7-10(16)8-12(14)17/h7-9,13,18H,3-6H2,1-2H3,(H,19,20). The summed E-state index contributed by atoms with van der Waals surface area (Å²) in [7, 11) is 0. The van der Waals surface area contributed by atoms with Gasteiger partial charge in [0.05, 0.1) is 11.6 Å². The Morgan fingerprint density at radius 3 is 2.86 bits per heavy atom. The molecule has 1 atom stereocenters. The predicted octanol–water partition coefficient (Wildman–Crippen LogP) is 3.18. The fourth-order valence-electron chi connectivity index (χ4n) is 2.27. The third kappa shape index (κ3) is 4.25. The van der Waals surface area contributed by atoms with Crippen LogP contribution in [0, 0.1) is 5.92 Å². The molecule has 1 amide bonds. The minimum Gasteiger partial charge on any atom is -0.492 e. The van der Waals surface area contributed by atoms with Gasteiger partial charge in [0.1, 0.15) is 5.75 Å². The number of rotatable bonds is 5. The van der Waals surface area contributed by atoms with Crippen molar-refractivity contribution < 1.29 is 9.53 Å². The molecule has 0 saturated heterocycles. The number of hydrogen-bond donors (Lipinski definition) is 2. The molecule has 21 heavy (non-hydrogen) atoms. The lowest BCUT2D eigenvalue weighted by Gasteiger charge is -2.28. The summed E-state index contributed by atoms with van der Waals surface area (Å²) in [6, 6.07) is 3.71. The molecule has 0 aromatic heterocycles. The van der Waals surface area contributed by atoms with Gasteiger partial charge in [0.2, 0.25) is 5.91 Å². The second-order valence-corrected chi connectivity index (χ2v) is 6.24. The first kappa shape index (κ1) is 16.4. The second kappa shape index (κ2) is 7.34. The maximum Gasteiger partial charge on any atom is 0.222 e. The summed E-state index contributed by atoms with van der Waals surface area (Å²) >= 11 is 12.2. The Morgan fingerprint density at radius 2 is 2.14 bits per heavy atom. The maximum absolute atomic E-state index is 11.5. The van der Waals surface area contributed by atoms with Crippen LogP contribution in [0.15, 0.2) is 12.1 Å². The molecule has 1 aromatic carbocycles. The van der Waals surface area contributed by atoms with Crippen LogP contribution in [-0.2, 0) is 4.79 Å². The van der Waals surface area contributed by atoms with Gasteiger partial charge < -0.3 is 15.4 Å². The lowest BCUT2D eigenvalue weighted by Crippen LogP contribution is -2.36. The van der Waals surface area contributed by atoms with E-state index in [9.17, 15) is 4.79 Å². The van der Waals surface area contributed by atoms with Crippen LogP contribution in [0.3, 0.4) is 0 Å². The van der Waals surface area contributed by atoms with E-state index in [1.165, 1.54) is 0 Å². The smallest absolute Gasteiger partial charge is 0.222 e. The van der Waals surface area contributed by atoms with Gasteiger partial charge in [-0.1, -0.05) is 37.0 Å². The summed E-state index contributed by atoms with van der Waals surface area (Å²) < 4.78 is 5.62. The molecule has 0 fully saturated rings. The van der Waals surface area contributed by atoms with Gasteiger partial charge in [0.25, 0.3) is 0 Å². The van der Waals surface area contributed by atoms with Crippen LogP contribution >= 0.6 is 23.2 Å². The van der Waals surface area contributed by atoms with Crippen LogP contribution in [0.1, 0.15) is 31.9 Å². The Balaban J connectivity index is 1.93. The van der Waals surface area contributed by atoms with E-state index < -0.39 is 0 Å². The van der Waals surface area contributed by atoms with E-state index in [0.717, 1.165) is 12.0 Å². The molecule has 0 radical (unpaired) electrons. The quantitative estimate of drug-likeness (QED) is 0.815. The highest BCUT2D eigenvalue weighted by Gasteiger charge is 2.23. The summed E-state index contributed by atoms with van der Waals surface area (Å²) in [6.07, 6.45) is 0.849. The number of benzene rings is 1. The average molecular weight is 331 g/mol. The molecular formula is C15H20Cl2N2O2. The Kier molecular flexibility index (Phi) is 5.73. The van der Waals surface area contributed by atoms with E-state index in [0.29, 0.717) is 35.5 Å². The average Bonchev–Trinajstić information content (AvgIpc) is 2.43. The first-order valence-corrected chi connectivity index (χ1v) is 7.87. The summed E-state index contributed by atoms with van der Waals surface area (Å²) in [5.74, 6) is 0.776. The van der Waals surface area contributed by atoms with Crippen molar-refractivity contribution in [2.24, 2.45) is 5.92 Å². The highest BCUT2D eigenvalue weighted by Crippen LogP contribution is 2.39. The number of halogens is 2. The van der Waals surface area contributed by atoms with Crippen LogP contribution in [0.4, 0.5) is 0 Å². The first-order chi connectivity index (χ1) is 9.99. The number of ether oxygens (including phenoxy) is 1. The zero-order valence-electron chi connectivity index (χ0n) is 12.2. The van der Waals surface area contributed by atoms with Crippen molar-refractivity contribution in [2.75, 3.05) is 19.7 Å². The van der Waals surface area contributed by atoms with E-state index in [2.05, 4.69) is 10.6 Å². The molecule has 2 rings (SSSR count). The zero-order valence-corrected chi connectivity index (χ0v) is 13.7. The van der Waals surface area contributed by atoms with Gasteiger partial charge in [-0.25, -0.2) is 0 Å². The highest BCUT2D eigenvalue weighted by atomic mass is 35.5. The molecule has 0 aliphatic carbocycles. The van der Waals surface area contributed by atoms with E-state index in [-0.39, 0.29) is 17.9 Å². The fourth-order valence-corrected chi connectivity index (χ4v) is 2.84. The largest absolute Gasteiger partial charge is 0.492 e. The van der Waals surface area contributed by atoms with E-state index >= 15 is 0 Å². The van der Waals surface area contributed by atoms with Crippen molar-refractivity contribution >= 4 is 29.1 Å². The van der Waals surface area contributed by atoms with E-state index in [1.54, 1.807) is 6.07 Å². The van der Waals surface area contributed by atoms with Crippen LogP contribution in [0.25, 0.3) is 0 Å². The van der Waals surface area contributed by atoms with Crippen LogP contribution in [-0.4, -0.2) is 25.6 Å². The minimum atomic E-state index is 0.00594. The number of fused-ring (bicyclic) bond motifs is 1. The van der Waals surface area contributed by atoms with Crippen LogP contribution in [0.2, 0.25) is 10.0 Å². The molecule has 1 unspecified atom stereocenters. The van der Waals surface area contributed by atoms with Gasteiger partial charge in [0, 0.05) is 42.1 Å². The van der Waals surface area contributed by atoms with Gasteiger partial charge in [-0.3, -0.25) is 4.79 Å². The number of nitrogens with one attached hydrogen (secondary N) is 2. The van der Waals surface area contributed by atoms with Gasteiger partial charge in [-0.2, -0.15) is 0 Å². The number of carbonyl (C=O) groups is 1. The fraction of sp³-hybridized carbons (Fsp3) is 0.533. The molecule has 6 heteroatoms. The van der Waals surface area contributed by atoms with Crippen molar-refractivity contribution in [3.63, 3.8) is 0 Å². The molecule has 2 N–H and O–H groups in total. The van der Waals surface area contributed by atoms with E-state index in [1.807, 2.05) is 19.9 Å². The van der Waals surface area contributed by atoms with Gasteiger partial charge in [-0.05, 0) is 12.1 Å². The number of amides is 1. The van der Waals surface area contributed by atoms with Gasteiger partial charge in [-0.15, -0.1) is 0 Å². The van der Waals surface area contributed by atoms with Gasteiger partial charge in [0.15, 0.2) is 0 Å². The summed E-state index contributed by atoms with van der Waals surface area (Å²) in [6.45, 7) is 5.65. The molecule has 1 aromatic rings. The number of carbonyl (C=O) groups excluding carboxylic acids is 1. The van der Waals surface area contributed by atoms with Crippen molar-refractivity contribution in [3.8, 4) is 5.75 Å². The Hall–Kier alpha value is -0.970. The monoisotopic (exact) mass is 330 g/mol. The second-order valence-electron chi connectivity index (χ2n) is 5.40. The highest BCUT2D eigenvalue weighted by molar-refractivity contribution is 6.35. The predicted molar refractivity (Wildman–Crippen MR) is 85.2 cm³/mol. The van der Waals surface area contributed by atoms with Crippen molar-refractivity contribution in [2.45, 2.75) is 26.3 Å². The molecular weight excluding hydrogens is 311 g/mol. The molecule has 1 aliphatic rings. The Morgan fingerprint density at radius 1 is 1.38 bits per heavy atom. The first-order valence-electron chi connectivity index (χ1n) is 7.12. The molecule has 1 heterocycles. The van der Waals surface area contributed by atoms with E-state index in [4.69, 9.17) is 27.9 Å². The van der Waals surface area contributed by atoms with Crippen molar-refractivity contribution in [1.82, 2.24) is 10.6 Å². The molecule has 4 nitrogen and oxygen atoms in total. The topological polar surface area (TPSA) is 50.4 Å². The van der Waals surface area contributed by atoms with Crippen LogP contribution < -0.4 is 15.4 Å². The zero-order chi connectivity index (χ0) is 15.4. The summed E-state index contributed by atoms with van der Waals surface area (Å²) in [4.78, 5) is 11.5. The minimum absolute atomic E-state index is 0.00594. The molecule has 116 valence electrons. The van der Waals surface area contributed by atoms with Crippen molar-refractivity contribution in [3.05, 3.63) is 27.7 Å². The number of hydrogen-bond acceptors (Lipinski definition) is 3.